The van der Waals surface area contributed by atoms with Gasteiger partial charge in [-0.2, -0.15) is 0 Å². The third-order valence-corrected chi connectivity index (χ3v) is 6.07. The van der Waals surface area contributed by atoms with Crippen LogP contribution < -0.4 is 0 Å². The minimum Gasteiger partial charge on any atom is -0.327 e. The molecule has 0 aromatic heterocycles. The maximum absolute atomic E-state index is 11.5. The van der Waals surface area contributed by atoms with Crippen LogP contribution in [0.15, 0.2) is 0 Å². The Bertz CT molecular complexity index is 386. The van der Waals surface area contributed by atoms with Crippen LogP contribution >= 0.6 is 0 Å². The van der Waals surface area contributed by atoms with Crippen LogP contribution in [0, 0.1) is 5.92 Å². The molecule has 1 rings (SSSR count). The lowest BCUT2D eigenvalue weighted by molar-refractivity contribution is -0.392. The highest BCUT2D eigenvalue weighted by Gasteiger charge is 2.38. The molecule has 4 nitrogen and oxygen atoms in total. The van der Waals surface area contributed by atoms with Gasteiger partial charge in [0.15, 0.2) is 5.78 Å². The number of ketones is 1. The van der Waals surface area contributed by atoms with Gasteiger partial charge in [0.1, 0.15) is 13.2 Å². The lowest BCUT2D eigenvalue weighted by Gasteiger charge is -2.37. The first-order valence-corrected chi connectivity index (χ1v) is 12.6. The van der Waals surface area contributed by atoms with Crippen LogP contribution in [0.2, 0.25) is 0 Å². The highest BCUT2D eigenvalue weighted by Crippen LogP contribution is 2.28. The van der Waals surface area contributed by atoms with E-state index < -0.39 is 5.97 Å². The fraction of sp³-hybridized carbons (Fsp3) is 0.960. The lowest BCUT2D eigenvalue weighted by atomic mass is 10.0. The van der Waals surface area contributed by atoms with Crippen molar-refractivity contribution in [3.05, 3.63) is 0 Å². The van der Waals surface area contributed by atoms with Crippen molar-refractivity contribution in [3.63, 3.8) is 0 Å². The summed E-state index contributed by atoms with van der Waals surface area (Å²) in [6.45, 7) is 7.59. The third kappa shape index (κ3) is 12.8. The van der Waals surface area contributed by atoms with Crippen molar-refractivity contribution in [2.24, 2.45) is 5.92 Å². The Morgan fingerprint density at radius 3 is 1.83 bits per heavy atom. The molecule has 172 valence electrons. The van der Waals surface area contributed by atoms with Crippen molar-refractivity contribution >= 4 is 5.78 Å². The van der Waals surface area contributed by atoms with E-state index in [1.165, 1.54) is 83.5 Å². The molecule has 29 heavy (non-hydrogen) atoms. The molecule has 1 heterocycles. The molecule has 1 fully saturated rings. The van der Waals surface area contributed by atoms with Crippen LogP contribution in [-0.2, 0) is 19.0 Å². The molecule has 0 aromatic rings. The quantitative estimate of drug-likeness (QED) is 0.211. The molecule has 0 spiro atoms. The molecule has 1 saturated heterocycles. The molecular weight excluding hydrogens is 364 g/mol. The topological polar surface area (TPSA) is 44.8 Å². The second kappa shape index (κ2) is 17.3. The van der Waals surface area contributed by atoms with Crippen molar-refractivity contribution in [2.75, 3.05) is 19.8 Å². The average Bonchev–Trinajstić information content (AvgIpc) is 2.74. The summed E-state index contributed by atoms with van der Waals surface area (Å²) in [6, 6.07) is 0. The second-order valence-corrected chi connectivity index (χ2v) is 8.81. The SMILES string of the molecule is CCCCCCCCCCCCCC1(OCC(CC)CCCC)OCC(=O)CO1. The minimum atomic E-state index is -0.993. The summed E-state index contributed by atoms with van der Waals surface area (Å²) < 4.78 is 17.7. The molecule has 1 unspecified atom stereocenters. The monoisotopic (exact) mass is 412 g/mol. The first-order valence-electron chi connectivity index (χ1n) is 12.6. The predicted molar refractivity (Wildman–Crippen MR) is 120 cm³/mol. The molecule has 1 aliphatic rings. The van der Waals surface area contributed by atoms with Gasteiger partial charge in [-0.05, 0) is 18.8 Å². The molecule has 1 atom stereocenters. The number of hydrogen-bond donors (Lipinski definition) is 0. The molecule has 4 heteroatoms. The van der Waals surface area contributed by atoms with Crippen LogP contribution in [0.5, 0.6) is 0 Å². The summed E-state index contributed by atoms with van der Waals surface area (Å²) in [5.74, 6) is -0.456. The van der Waals surface area contributed by atoms with Crippen molar-refractivity contribution in [3.8, 4) is 0 Å². The van der Waals surface area contributed by atoms with Gasteiger partial charge in [0.2, 0.25) is 0 Å². The van der Waals surface area contributed by atoms with Gasteiger partial charge in [-0.25, -0.2) is 0 Å². The average molecular weight is 413 g/mol. The zero-order valence-corrected chi connectivity index (χ0v) is 19.6. The van der Waals surface area contributed by atoms with E-state index >= 15 is 0 Å². The van der Waals surface area contributed by atoms with E-state index in [1.54, 1.807) is 0 Å². The Labute approximate surface area is 180 Å². The van der Waals surface area contributed by atoms with Gasteiger partial charge in [0, 0.05) is 6.42 Å². The van der Waals surface area contributed by atoms with E-state index in [1.807, 2.05) is 0 Å². The van der Waals surface area contributed by atoms with Crippen molar-refractivity contribution in [2.45, 2.75) is 129 Å². The third-order valence-electron chi connectivity index (χ3n) is 6.07. The zero-order chi connectivity index (χ0) is 21.2. The van der Waals surface area contributed by atoms with E-state index in [0.29, 0.717) is 12.5 Å². The first-order chi connectivity index (χ1) is 14.2. The standard InChI is InChI=1S/C25H48O4/c1-4-7-9-10-11-12-13-14-15-16-17-19-25(28-21-24(26)22-29-25)27-20-23(6-3)18-8-5-2/h23H,4-22H2,1-3H3. The molecular formula is C25H48O4. The highest BCUT2D eigenvalue weighted by molar-refractivity contribution is 5.81. The Kier molecular flexibility index (Phi) is 15.8. The largest absolute Gasteiger partial charge is 0.327 e. The number of unbranched alkanes of at least 4 members (excludes halogenated alkanes) is 11. The van der Waals surface area contributed by atoms with E-state index in [-0.39, 0.29) is 19.0 Å². The summed E-state index contributed by atoms with van der Waals surface area (Å²) in [5, 5.41) is 0. The molecule has 0 aliphatic carbocycles. The summed E-state index contributed by atoms with van der Waals surface area (Å²) >= 11 is 0. The van der Waals surface area contributed by atoms with E-state index in [9.17, 15) is 4.79 Å². The normalized spacial score (nSPS) is 17.6. The Morgan fingerprint density at radius 1 is 0.793 bits per heavy atom. The van der Waals surface area contributed by atoms with Crippen LogP contribution in [0.3, 0.4) is 0 Å². The summed E-state index contributed by atoms with van der Waals surface area (Å²) in [4.78, 5) is 11.5. The van der Waals surface area contributed by atoms with Crippen LogP contribution in [0.1, 0.15) is 124 Å². The van der Waals surface area contributed by atoms with Crippen LogP contribution in [0.25, 0.3) is 0 Å². The molecule has 0 amide bonds. The smallest absolute Gasteiger partial charge is 0.283 e. The van der Waals surface area contributed by atoms with E-state index in [2.05, 4.69) is 20.8 Å². The Hall–Kier alpha value is -0.450. The number of carbonyl (C=O) groups is 1. The molecule has 0 N–H and O–H groups in total. The molecule has 0 radical (unpaired) electrons. The number of ether oxygens (including phenoxy) is 3. The molecule has 0 aromatic carbocycles. The van der Waals surface area contributed by atoms with Gasteiger partial charge in [0.25, 0.3) is 5.97 Å². The zero-order valence-electron chi connectivity index (χ0n) is 19.6. The first kappa shape index (κ1) is 26.6. The maximum atomic E-state index is 11.5. The van der Waals surface area contributed by atoms with Crippen molar-refractivity contribution in [1.82, 2.24) is 0 Å². The second-order valence-electron chi connectivity index (χ2n) is 8.81. The molecule has 0 bridgehead atoms. The maximum Gasteiger partial charge on any atom is 0.283 e. The summed E-state index contributed by atoms with van der Waals surface area (Å²) in [7, 11) is 0. The Morgan fingerprint density at radius 2 is 1.31 bits per heavy atom. The van der Waals surface area contributed by atoms with Gasteiger partial charge in [-0.1, -0.05) is 104 Å². The van der Waals surface area contributed by atoms with Gasteiger partial charge in [-0.3, -0.25) is 4.79 Å². The van der Waals surface area contributed by atoms with E-state index in [4.69, 9.17) is 14.2 Å². The van der Waals surface area contributed by atoms with Gasteiger partial charge in [0.05, 0.1) is 6.61 Å². The number of rotatable bonds is 19. The summed E-state index contributed by atoms with van der Waals surface area (Å²) in [6.07, 6.45) is 19.9. The fourth-order valence-corrected chi connectivity index (χ4v) is 3.91. The summed E-state index contributed by atoms with van der Waals surface area (Å²) in [5.41, 5.74) is 0. The number of hydrogen-bond acceptors (Lipinski definition) is 4. The fourth-order valence-electron chi connectivity index (χ4n) is 3.91. The van der Waals surface area contributed by atoms with Gasteiger partial charge in [-0.15, -0.1) is 0 Å². The van der Waals surface area contributed by atoms with Crippen molar-refractivity contribution < 1.29 is 19.0 Å². The van der Waals surface area contributed by atoms with Crippen LogP contribution in [0.4, 0.5) is 0 Å². The van der Waals surface area contributed by atoms with Crippen molar-refractivity contribution in [1.29, 1.82) is 0 Å². The number of carbonyl (C=O) groups excluding carboxylic acids is 1. The number of Topliss-reactive ketones (excluding diaryl/α,β-unsaturated/α-hetero) is 1. The Balaban J connectivity index is 2.22. The van der Waals surface area contributed by atoms with Gasteiger partial charge < -0.3 is 14.2 Å². The predicted octanol–water partition coefficient (Wildman–Crippen LogP) is 7.19. The molecule has 1 aliphatic heterocycles. The van der Waals surface area contributed by atoms with E-state index in [0.717, 1.165) is 19.3 Å². The lowest BCUT2D eigenvalue weighted by Crippen LogP contribution is -2.47. The highest BCUT2D eigenvalue weighted by atomic mass is 16.9. The molecule has 0 saturated carbocycles. The van der Waals surface area contributed by atoms with Crippen LogP contribution in [-0.4, -0.2) is 31.6 Å². The van der Waals surface area contributed by atoms with Gasteiger partial charge >= 0.3 is 0 Å². The minimum absolute atomic E-state index is 0.00110.